The molecule has 0 unspecified atom stereocenters. The summed E-state index contributed by atoms with van der Waals surface area (Å²) in [7, 11) is 0. The van der Waals surface area contributed by atoms with Crippen molar-refractivity contribution in [1.82, 2.24) is 4.90 Å². The maximum atomic E-state index is 13.0. The van der Waals surface area contributed by atoms with Crippen LogP contribution in [0.2, 0.25) is 15.1 Å². The number of halogens is 3. The zero-order valence-corrected chi connectivity index (χ0v) is 18.9. The lowest BCUT2D eigenvalue weighted by atomic mass is 10.1. The van der Waals surface area contributed by atoms with Crippen molar-refractivity contribution in [2.45, 2.75) is 26.3 Å². The number of nitrogens with zero attached hydrogens (tertiary/aromatic N) is 1. The molecule has 0 radical (unpaired) electrons. The highest BCUT2D eigenvalue weighted by atomic mass is 35.5. The van der Waals surface area contributed by atoms with Gasteiger partial charge in [-0.2, -0.15) is 0 Å². The molecule has 0 aliphatic heterocycles. The van der Waals surface area contributed by atoms with E-state index in [0.29, 0.717) is 34.6 Å². The molecule has 0 aliphatic rings. The third kappa shape index (κ3) is 6.40. The third-order valence-electron chi connectivity index (χ3n) is 4.85. The van der Waals surface area contributed by atoms with Gasteiger partial charge in [-0.15, -0.1) is 0 Å². The summed E-state index contributed by atoms with van der Waals surface area (Å²) in [6.07, 6.45) is 1.57. The van der Waals surface area contributed by atoms with E-state index in [2.05, 4.69) is 12.2 Å². The van der Waals surface area contributed by atoms with Crippen molar-refractivity contribution in [3.05, 3.63) is 98.5 Å². The minimum atomic E-state index is -0.167. The monoisotopic (exact) mass is 460 g/mol. The molecule has 0 atom stereocenters. The Labute approximate surface area is 192 Å². The number of benzene rings is 3. The van der Waals surface area contributed by atoms with Crippen molar-refractivity contribution in [2.75, 3.05) is 11.9 Å². The van der Waals surface area contributed by atoms with Gasteiger partial charge in [0, 0.05) is 33.8 Å². The normalized spacial score (nSPS) is 10.7. The molecule has 0 saturated carbocycles. The molecule has 156 valence electrons. The van der Waals surface area contributed by atoms with Crippen molar-refractivity contribution in [2.24, 2.45) is 0 Å². The molecule has 1 N–H and O–H groups in total. The van der Waals surface area contributed by atoms with Gasteiger partial charge < -0.3 is 10.2 Å². The topological polar surface area (TPSA) is 32.3 Å². The first-order valence-electron chi connectivity index (χ1n) is 9.78. The predicted molar refractivity (Wildman–Crippen MR) is 127 cm³/mol. The molecule has 30 heavy (non-hydrogen) atoms. The largest absolute Gasteiger partial charge is 0.322 e. The number of anilines is 1. The summed E-state index contributed by atoms with van der Waals surface area (Å²) in [6, 6.07) is 20.6. The number of urea groups is 1. The fraction of sp³-hybridized carbons (Fsp3) is 0.208. The minimum Gasteiger partial charge on any atom is -0.320 e. The fourth-order valence-corrected chi connectivity index (χ4v) is 3.70. The molecule has 3 aromatic carbocycles. The van der Waals surface area contributed by atoms with Crippen LogP contribution in [0.4, 0.5) is 10.5 Å². The lowest BCUT2D eigenvalue weighted by Gasteiger charge is -2.24. The number of nitrogens with one attached hydrogen (secondary N) is 1. The zero-order chi connectivity index (χ0) is 21.5. The van der Waals surface area contributed by atoms with Crippen molar-refractivity contribution in [1.29, 1.82) is 0 Å². The molecule has 0 aromatic heterocycles. The van der Waals surface area contributed by atoms with Crippen molar-refractivity contribution in [3.63, 3.8) is 0 Å². The van der Waals surface area contributed by atoms with E-state index < -0.39 is 0 Å². The lowest BCUT2D eigenvalue weighted by molar-refractivity contribution is 0.210. The average molecular weight is 462 g/mol. The molecule has 0 spiro atoms. The Morgan fingerprint density at radius 1 is 0.867 bits per heavy atom. The van der Waals surface area contributed by atoms with Crippen LogP contribution >= 0.6 is 34.8 Å². The zero-order valence-electron chi connectivity index (χ0n) is 16.7. The molecular formula is C24H23Cl3N2O. The van der Waals surface area contributed by atoms with Crippen molar-refractivity contribution >= 4 is 46.5 Å². The van der Waals surface area contributed by atoms with Crippen LogP contribution in [0.3, 0.4) is 0 Å². The predicted octanol–water partition coefficient (Wildman–Crippen LogP) is 7.49. The van der Waals surface area contributed by atoms with E-state index in [1.165, 1.54) is 5.56 Å². The molecule has 3 nitrogen and oxygen atoms in total. The second-order valence-corrected chi connectivity index (χ2v) is 8.29. The number of carbonyl (C=O) groups excluding carboxylic acids is 1. The maximum Gasteiger partial charge on any atom is 0.322 e. The molecule has 2 amide bonds. The Hall–Kier alpha value is -2.20. The summed E-state index contributed by atoms with van der Waals surface area (Å²) < 4.78 is 0. The number of hydrogen-bond acceptors (Lipinski definition) is 1. The molecule has 3 aromatic rings. The first kappa shape index (κ1) is 22.5. The van der Waals surface area contributed by atoms with Gasteiger partial charge in [-0.1, -0.05) is 72.1 Å². The van der Waals surface area contributed by atoms with Crippen LogP contribution in [0.15, 0.2) is 66.7 Å². The lowest BCUT2D eigenvalue weighted by Crippen LogP contribution is -2.36. The molecule has 0 heterocycles. The number of rotatable bonds is 7. The molecule has 6 heteroatoms. The number of carbonyl (C=O) groups is 1. The van der Waals surface area contributed by atoms with Crippen LogP contribution in [0, 0.1) is 0 Å². The summed E-state index contributed by atoms with van der Waals surface area (Å²) in [5, 5.41) is 4.85. The Bertz CT molecular complexity index is 988. The summed E-state index contributed by atoms with van der Waals surface area (Å²) in [5.74, 6) is 0. The van der Waals surface area contributed by atoms with Gasteiger partial charge >= 0.3 is 6.03 Å². The van der Waals surface area contributed by atoms with Crippen LogP contribution in [0.1, 0.15) is 23.6 Å². The Morgan fingerprint density at radius 2 is 1.50 bits per heavy atom. The Morgan fingerprint density at radius 3 is 2.13 bits per heavy atom. The van der Waals surface area contributed by atoms with Gasteiger partial charge in [0.15, 0.2) is 0 Å². The van der Waals surface area contributed by atoms with Crippen molar-refractivity contribution in [3.8, 4) is 0 Å². The SMILES string of the molecule is CCc1ccc(NC(=O)N(CCc2ccc(Cl)cc2Cl)Cc2ccc(Cl)cc2)cc1. The van der Waals surface area contributed by atoms with E-state index in [9.17, 15) is 4.79 Å². The number of aryl methyl sites for hydroxylation is 1. The van der Waals surface area contributed by atoms with Crippen LogP contribution in [0.5, 0.6) is 0 Å². The highest BCUT2D eigenvalue weighted by molar-refractivity contribution is 6.35. The van der Waals surface area contributed by atoms with Crippen LogP contribution in [-0.4, -0.2) is 17.5 Å². The molecule has 3 rings (SSSR count). The highest BCUT2D eigenvalue weighted by Crippen LogP contribution is 2.22. The van der Waals surface area contributed by atoms with Gasteiger partial charge in [-0.05, 0) is 65.9 Å². The summed E-state index contributed by atoms with van der Waals surface area (Å²) in [6.45, 7) is 3.06. The quantitative estimate of drug-likeness (QED) is 0.388. The van der Waals surface area contributed by atoms with E-state index in [4.69, 9.17) is 34.8 Å². The first-order valence-corrected chi connectivity index (χ1v) is 10.9. The van der Waals surface area contributed by atoms with Gasteiger partial charge in [-0.3, -0.25) is 0 Å². The second-order valence-electron chi connectivity index (χ2n) is 7.01. The highest BCUT2D eigenvalue weighted by Gasteiger charge is 2.15. The van der Waals surface area contributed by atoms with Gasteiger partial charge in [-0.25, -0.2) is 4.79 Å². The van der Waals surface area contributed by atoms with E-state index in [-0.39, 0.29) is 6.03 Å². The number of hydrogen-bond donors (Lipinski definition) is 1. The maximum absolute atomic E-state index is 13.0. The minimum absolute atomic E-state index is 0.167. The summed E-state index contributed by atoms with van der Waals surface area (Å²) in [4.78, 5) is 14.8. The average Bonchev–Trinajstić information content (AvgIpc) is 2.74. The smallest absolute Gasteiger partial charge is 0.320 e. The Balaban J connectivity index is 1.74. The van der Waals surface area contributed by atoms with Crippen LogP contribution in [-0.2, 0) is 19.4 Å². The van der Waals surface area contributed by atoms with Crippen molar-refractivity contribution < 1.29 is 4.79 Å². The first-order chi connectivity index (χ1) is 14.4. The third-order valence-corrected chi connectivity index (χ3v) is 5.69. The van der Waals surface area contributed by atoms with E-state index in [0.717, 1.165) is 23.2 Å². The summed E-state index contributed by atoms with van der Waals surface area (Å²) >= 11 is 18.3. The fourth-order valence-electron chi connectivity index (χ4n) is 3.07. The summed E-state index contributed by atoms with van der Waals surface area (Å²) in [5.41, 5.74) is 3.94. The standard InChI is InChI=1S/C24H23Cl3N2O/c1-2-17-5-11-22(12-6-17)28-24(30)29(16-18-3-8-20(25)9-4-18)14-13-19-7-10-21(26)15-23(19)27/h3-12,15H,2,13-14,16H2,1H3,(H,28,30). The molecular weight excluding hydrogens is 439 g/mol. The molecule has 0 bridgehead atoms. The van der Waals surface area contributed by atoms with E-state index in [1.807, 2.05) is 60.7 Å². The Kier molecular flexibility index (Phi) is 8.03. The van der Waals surface area contributed by atoms with E-state index >= 15 is 0 Å². The molecule has 0 saturated heterocycles. The molecule has 0 aliphatic carbocycles. The molecule has 0 fully saturated rings. The van der Waals surface area contributed by atoms with E-state index in [1.54, 1.807) is 11.0 Å². The number of amides is 2. The second kappa shape index (κ2) is 10.7. The van der Waals surface area contributed by atoms with Gasteiger partial charge in [0.2, 0.25) is 0 Å². The van der Waals surface area contributed by atoms with Gasteiger partial charge in [0.25, 0.3) is 0 Å². The van der Waals surface area contributed by atoms with Gasteiger partial charge in [0.1, 0.15) is 0 Å². The van der Waals surface area contributed by atoms with Gasteiger partial charge in [0.05, 0.1) is 0 Å². The van der Waals surface area contributed by atoms with Crippen LogP contribution < -0.4 is 5.32 Å². The van der Waals surface area contributed by atoms with Crippen LogP contribution in [0.25, 0.3) is 0 Å².